The first-order chi connectivity index (χ1) is 10.7. The first-order valence-electron chi connectivity index (χ1n) is 8.49. The Morgan fingerprint density at radius 3 is 3.00 bits per heavy atom. The van der Waals surface area contributed by atoms with Crippen molar-refractivity contribution in [2.45, 2.75) is 45.2 Å². The third-order valence-corrected chi connectivity index (χ3v) is 5.89. The van der Waals surface area contributed by atoms with Crippen LogP contribution in [0.2, 0.25) is 0 Å². The van der Waals surface area contributed by atoms with Crippen molar-refractivity contribution in [1.29, 1.82) is 0 Å². The second-order valence-corrected chi connectivity index (χ2v) is 7.66. The van der Waals surface area contributed by atoms with Crippen LogP contribution in [0.4, 0.5) is 0 Å². The number of halogens is 1. The van der Waals surface area contributed by atoms with Gasteiger partial charge in [-0.25, -0.2) is 0 Å². The predicted octanol–water partition coefficient (Wildman–Crippen LogP) is 2.56. The minimum absolute atomic E-state index is 0. The fourth-order valence-electron chi connectivity index (χ4n) is 3.51. The van der Waals surface area contributed by atoms with Crippen LogP contribution in [0.25, 0.3) is 0 Å². The third kappa shape index (κ3) is 5.18. The van der Waals surface area contributed by atoms with Gasteiger partial charge in [-0.2, -0.15) is 0 Å². The first-order valence-corrected chi connectivity index (χ1v) is 9.37. The Morgan fingerprint density at radius 2 is 2.30 bits per heavy atom. The molecule has 6 heteroatoms. The molecule has 130 valence electrons. The number of carbonyl (C=O) groups is 1. The van der Waals surface area contributed by atoms with E-state index in [1.165, 1.54) is 29.8 Å². The number of hydrogen-bond donors (Lipinski definition) is 2. The van der Waals surface area contributed by atoms with Crippen LogP contribution in [0.1, 0.15) is 36.1 Å². The summed E-state index contributed by atoms with van der Waals surface area (Å²) >= 11 is 1.86. The molecular formula is C17H28ClN3OS. The average Bonchev–Trinajstić information content (AvgIpc) is 3.18. The van der Waals surface area contributed by atoms with Gasteiger partial charge in [0, 0.05) is 24.5 Å². The van der Waals surface area contributed by atoms with Gasteiger partial charge in [-0.15, -0.1) is 23.7 Å². The summed E-state index contributed by atoms with van der Waals surface area (Å²) in [5.74, 6) is 0.795. The molecule has 0 spiro atoms. The molecule has 1 amide bonds. The zero-order valence-electron chi connectivity index (χ0n) is 13.8. The quantitative estimate of drug-likeness (QED) is 0.851. The number of amides is 1. The number of piperidine rings is 1. The summed E-state index contributed by atoms with van der Waals surface area (Å²) in [5.41, 5.74) is 1.41. The van der Waals surface area contributed by atoms with Crippen LogP contribution >= 0.6 is 23.7 Å². The monoisotopic (exact) mass is 357 g/mol. The topological polar surface area (TPSA) is 44.4 Å². The van der Waals surface area contributed by atoms with Crippen LogP contribution in [0, 0.1) is 12.8 Å². The predicted molar refractivity (Wildman–Crippen MR) is 98.3 cm³/mol. The molecule has 0 saturated carbocycles. The van der Waals surface area contributed by atoms with E-state index in [1.807, 2.05) is 11.3 Å². The largest absolute Gasteiger partial charge is 0.354 e. The lowest BCUT2D eigenvalue weighted by Gasteiger charge is -2.32. The average molecular weight is 358 g/mol. The lowest BCUT2D eigenvalue weighted by molar-refractivity contribution is -0.123. The van der Waals surface area contributed by atoms with Crippen LogP contribution in [0.3, 0.4) is 0 Å². The molecule has 0 aliphatic carbocycles. The number of hydrogen-bond acceptors (Lipinski definition) is 4. The Kier molecular flexibility index (Phi) is 7.34. The molecule has 0 radical (unpaired) electrons. The molecule has 2 N–H and O–H groups in total. The third-order valence-electron chi connectivity index (χ3n) is 4.88. The summed E-state index contributed by atoms with van der Waals surface area (Å²) in [6.45, 7) is 7.37. The van der Waals surface area contributed by atoms with Gasteiger partial charge in [0.25, 0.3) is 0 Å². The summed E-state index contributed by atoms with van der Waals surface area (Å²) in [7, 11) is 0. The van der Waals surface area contributed by atoms with E-state index in [2.05, 4.69) is 33.9 Å². The van der Waals surface area contributed by atoms with Crippen LogP contribution in [0.5, 0.6) is 0 Å². The van der Waals surface area contributed by atoms with Crippen molar-refractivity contribution < 1.29 is 4.79 Å². The van der Waals surface area contributed by atoms with Gasteiger partial charge in [-0.1, -0.05) is 0 Å². The molecule has 2 aliphatic heterocycles. The van der Waals surface area contributed by atoms with Gasteiger partial charge in [0.2, 0.25) is 5.91 Å². The molecule has 3 heterocycles. The van der Waals surface area contributed by atoms with E-state index in [9.17, 15) is 4.79 Å². The number of carbonyl (C=O) groups excluding carboxylic acids is 1. The number of nitrogens with one attached hydrogen (secondary N) is 2. The van der Waals surface area contributed by atoms with Crippen molar-refractivity contribution >= 4 is 29.7 Å². The van der Waals surface area contributed by atoms with E-state index >= 15 is 0 Å². The van der Waals surface area contributed by atoms with E-state index < -0.39 is 0 Å². The lowest BCUT2D eigenvalue weighted by atomic mass is 9.97. The van der Waals surface area contributed by atoms with Crippen LogP contribution in [0.15, 0.2) is 11.4 Å². The maximum atomic E-state index is 12.1. The number of rotatable bonds is 5. The van der Waals surface area contributed by atoms with Gasteiger partial charge in [-0.3, -0.25) is 9.69 Å². The van der Waals surface area contributed by atoms with Crippen molar-refractivity contribution in [3.05, 3.63) is 21.9 Å². The Labute approximate surface area is 149 Å². The molecule has 1 aromatic heterocycles. The number of nitrogens with zero attached hydrogens (tertiary/aromatic N) is 1. The van der Waals surface area contributed by atoms with E-state index in [0.29, 0.717) is 5.92 Å². The highest BCUT2D eigenvalue weighted by molar-refractivity contribution is 7.10. The summed E-state index contributed by atoms with van der Waals surface area (Å²) in [4.78, 5) is 16.1. The maximum absolute atomic E-state index is 12.1. The summed E-state index contributed by atoms with van der Waals surface area (Å²) < 4.78 is 0. The molecule has 1 aromatic rings. The molecule has 4 nitrogen and oxygen atoms in total. The SMILES string of the molecule is Cc1ccsc1CN1CCCC(CNC(=O)C2CCCN2)C1.Cl. The molecule has 23 heavy (non-hydrogen) atoms. The number of thiophene rings is 1. The fourth-order valence-corrected chi connectivity index (χ4v) is 4.45. The molecule has 0 aromatic carbocycles. The standard InChI is InChI=1S/C17H27N3OS.ClH/c1-13-6-9-22-16(13)12-20-8-3-4-14(11-20)10-19-17(21)15-5-2-7-18-15;/h6,9,14-15,18H,2-5,7-8,10-12H2,1H3,(H,19,21);1H. The van der Waals surface area contributed by atoms with E-state index in [1.54, 1.807) is 0 Å². The van der Waals surface area contributed by atoms with Crippen molar-refractivity contribution in [2.75, 3.05) is 26.2 Å². The van der Waals surface area contributed by atoms with Crippen molar-refractivity contribution in [1.82, 2.24) is 15.5 Å². The highest BCUT2D eigenvalue weighted by Crippen LogP contribution is 2.22. The molecule has 3 rings (SSSR count). The Balaban J connectivity index is 0.00000192. The molecule has 2 saturated heterocycles. The minimum Gasteiger partial charge on any atom is -0.354 e. The fraction of sp³-hybridized carbons (Fsp3) is 0.706. The molecule has 0 bridgehead atoms. The van der Waals surface area contributed by atoms with Crippen molar-refractivity contribution in [3.8, 4) is 0 Å². The number of aryl methyl sites for hydroxylation is 1. The van der Waals surface area contributed by atoms with Gasteiger partial charge >= 0.3 is 0 Å². The van der Waals surface area contributed by atoms with Gasteiger partial charge in [-0.05, 0) is 68.6 Å². The van der Waals surface area contributed by atoms with Gasteiger partial charge in [0.05, 0.1) is 6.04 Å². The van der Waals surface area contributed by atoms with Gasteiger partial charge in [0.15, 0.2) is 0 Å². The summed E-state index contributed by atoms with van der Waals surface area (Å²) in [6.07, 6.45) is 4.58. The Bertz CT molecular complexity index is 502. The Hall–Kier alpha value is -0.620. The molecule has 2 unspecified atom stereocenters. The van der Waals surface area contributed by atoms with E-state index in [4.69, 9.17) is 0 Å². The molecule has 2 aliphatic rings. The van der Waals surface area contributed by atoms with Crippen molar-refractivity contribution in [3.63, 3.8) is 0 Å². The van der Waals surface area contributed by atoms with E-state index in [-0.39, 0.29) is 24.4 Å². The smallest absolute Gasteiger partial charge is 0.237 e. The Morgan fingerprint density at radius 1 is 1.43 bits per heavy atom. The van der Waals surface area contributed by atoms with Crippen LogP contribution in [-0.4, -0.2) is 43.0 Å². The zero-order chi connectivity index (χ0) is 15.4. The maximum Gasteiger partial charge on any atom is 0.237 e. The van der Waals surface area contributed by atoms with Crippen molar-refractivity contribution in [2.24, 2.45) is 5.92 Å². The second-order valence-electron chi connectivity index (χ2n) is 6.66. The normalized spacial score (nSPS) is 25.1. The van der Waals surface area contributed by atoms with Crippen LogP contribution < -0.4 is 10.6 Å². The summed E-state index contributed by atoms with van der Waals surface area (Å²) in [6, 6.07) is 2.25. The first kappa shape index (κ1) is 18.7. The van der Waals surface area contributed by atoms with Gasteiger partial charge < -0.3 is 10.6 Å². The number of likely N-dealkylation sites (tertiary alicyclic amines) is 1. The summed E-state index contributed by atoms with van der Waals surface area (Å²) in [5, 5.41) is 8.61. The molecule has 2 atom stereocenters. The molecule has 2 fully saturated rings. The molecular weight excluding hydrogens is 330 g/mol. The highest BCUT2D eigenvalue weighted by atomic mass is 35.5. The van der Waals surface area contributed by atoms with Crippen LogP contribution in [-0.2, 0) is 11.3 Å². The van der Waals surface area contributed by atoms with E-state index in [0.717, 1.165) is 39.0 Å². The second kappa shape index (κ2) is 9.02. The zero-order valence-corrected chi connectivity index (χ0v) is 15.5. The lowest BCUT2D eigenvalue weighted by Crippen LogP contribution is -2.45. The van der Waals surface area contributed by atoms with Gasteiger partial charge in [0.1, 0.15) is 0 Å². The highest BCUT2D eigenvalue weighted by Gasteiger charge is 2.24. The minimum atomic E-state index is 0.